The Morgan fingerprint density at radius 1 is 1.29 bits per heavy atom. The molecule has 0 fully saturated rings. The minimum absolute atomic E-state index is 0.241. The summed E-state index contributed by atoms with van der Waals surface area (Å²) in [5, 5.41) is 10.7. The molecular formula is C15H14N4O2. The maximum atomic E-state index is 12.4. The number of aromatic nitrogens is 3. The second-order valence-electron chi connectivity index (χ2n) is 4.37. The summed E-state index contributed by atoms with van der Waals surface area (Å²) in [6.45, 7) is 2.38. The maximum absolute atomic E-state index is 12.4. The number of hydrogen-bond donors (Lipinski definition) is 1. The summed E-state index contributed by atoms with van der Waals surface area (Å²) < 4.78 is 7.21. The zero-order valence-electron chi connectivity index (χ0n) is 11.5. The molecule has 6 nitrogen and oxygen atoms in total. The molecule has 0 spiro atoms. The number of nitrogens with zero attached hydrogens (tertiary/aromatic N) is 3. The van der Waals surface area contributed by atoms with Crippen molar-refractivity contribution in [3.05, 3.63) is 54.5 Å². The standard InChI is InChI=1S/C15H14N4O2/c1-2-21-13-8-4-3-6-11(13)15(20)17-12-7-5-9-19-10-16-18-14(12)19/h3-10H,2H2,1H3,(H,17,20). The molecule has 1 aromatic carbocycles. The van der Waals surface area contributed by atoms with Crippen LogP contribution in [0.15, 0.2) is 48.9 Å². The Morgan fingerprint density at radius 3 is 3.00 bits per heavy atom. The zero-order valence-corrected chi connectivity index (χ0v) is 11.5. The molecule has 0 aliphatic heterocycles. The molecule has 3 aromatic rings. The number of carbonyl (C=O) groups is 1. The number of benzene rings is 1. The molecule has 0 saturated heterocycles. The van der Waals surface area contributed by atoms with Crippen LogP contribution in [0.25, 0.3) is 5.65 Å². The van der Waals surface area contributed by atoms with Crippen LogP contribution in [0.1, 0.15) is 17.3 Å². The smallest absolute Gasteiger partial charge is 0.259 e. The van der Waals surface area contributed by atoms with E-state index in [4.69, 9.17) is 4.74 Å². The fraction of sp³-hybridized carbons (Fsp3) is 0.133. The van der Waals surface area contributed by atoms with Gasteiger partial charge in [-0.05, 0) is 31.2 Å². The van der Waals surface area contributed by atoms with Crippen molar-refractivity contribution in [1.82, 2.24) is 14.6 Å². The molecule has 6 heteroatoms. The van der Waals surface area contributed by atoms with E-state index in [1.54, 1.807) is 35.0 Å². The van der Waals surface area contributed by atoms with Crippen molar-refractivity contribution in [3.63, 3.8) is 0 Å². The largest absolute Gasteiger partial charge is 0.493 e. The quantitative estimate of drug-likeness (QED) is 0.797. The minimum Gasteiger partial charge on any atom is -0.493 e. The summed E-state index contributed by atoms with van der Waals surface area (Å²) in [5.74, 6) is 0.320. The number of fused-ring (bicyclic) bond motifs is 1. The SMILES string of the molecule is CCOc1ccccc1C(=O)Nc1cccn2cnnc12. The lowest BCUT2D eigenvalue weighted by Crippen LogP contribution is -2.14. The summed E-state index contributed by atoms with van der Waals surface area (Å²) in [7, 11) is 0. The van der Waals surface area contributed by atoms with Crippen LogP contribution < -0.4 is 10.1 Å². The normalized spacial score (nSPS) is 10.5. The van der Waals surface area contributed by atoms with Gasteiger partial charge in [-0.15, -0.1) is 10.2 Å². The molecule has 0 aliphatic carbocycles. The van der Waals surface area contributed by atoms with Crippen LogP contribution in [-0.4, -0.2) is 27.1 Å². The van der Waals surface area contributed by atoms with E-state index in [2.05, 4.69) is 15.5 Å². The van der Waals surface area contributed by atoms with Crippen LogP contribution in [0.4, 0.5) is 5.69 Å². The van der Waals surface area contributed by atoms with Crippen LogP contribution in [0.2, 0.25) is 0 Å². The molecule has 0 bridgehead atoms. The Balaban J connectivity index is 1.92. The van der Waals surface area contributed by atoms with Gasteiger partial charge in [0.1, 0.15) is 12.1 Å². The van der Waals surface area contributed by atoms with E-state index in [-0.39, 0.29) is 5.91 Å². The highest BCUT2D eigenvalue weighted by molar-refractivity contribution is 6.07. The first-order valence-corrected chi connectivity index (χ1v) is 6.61. The van der Waals surface area contributed by atoms with Gasteiger partial charge in [0.2, 0.25) is 0 Å². The monoisotopic (exact) mass is 282 g/mol. The fourth-order valence-corrected chi connectivity index (χ4v) is 2.07. The molecule has 0 saturated carbocycles. The predicted octanol–water partition coefficient (Wildman–Crippen LogP) is 2.38. The summed E-state index contributed by atoms with van der Waals surface area (Å²) >= 11 is 0. The molecule has 106 valence electrons. The number of carbonyl (C=O) groups excluding carboxylic acids is 1. The van der Waals surface area contributed by atoms with Crippen molar-refractivity contribution >= 4 is 17.2 Å². The number of rotatable bonds is 4. The van der Waals surface area contributed by atoms with Crippen LogP contribution in [0, 0.1) is 0 Å². The van der Waals surface area contributed by atoms with E-state index in [1.165, 1.54) is 0 Å². The lowest BCUT2D eigenvalue weighted by atomic mass is 10.2. The van der Waals surface area contributed by atoms with Crippen molar-refractivity contribution in [2.75, 3.05) is 11.9 Å². The van der Waals surface area contributed by atoms with Gasteiger partial charge in [-0.1, -0.05) is 12.1 Å². The van der Waals surface area contributed by atoms with Gasteiger partial charge in [-0.2, -0.15) is 0 Å². The van der Waals surface area contributed by atoms with Gasteiger partial charge in [-0.3, -0.25) is 9.20 Å². The molecule has 1 amide bonds. The highest BCUT2D eigenvalue weighted by Crippen LogP contribution is 2.21. The molecule has 2 aromatic heterocycles. The van der Waals surface area contributed by atoms with E-state index in [1.807, 2.05) is 25.3 Å². The number of para-hydroxylation sites is 1. The third-order valence-corrected chi connectivity index (χ3v) is 3.00. The first kappa shape index (κ1) is 13.1. The number of amides is 1. The summed E-state index contributed by atoms with van der Waals surface area (Å²) in [4.78, 5) is 12.4. The van der Waals surface area contributed by atoms with Crippen LogP contribution in [0.5, 0.6) is 5.75 Å². The number of nitrogens with one attached hydrogen (secondary N) is 1. The average molecular weight is 282 g/mol. The van der Waals surface area contributed by atoms with Gasteiger partial charge in [0.15, 0.2) is 5.65 Å². The molecule has 0 unspecified atom stereocenters. The summed E-state index contributed by atoms with van der Waals surface area (Å²) in [6, 6.07) is 10.7. The third kappa shape index (κ3) is 2.55. The molecule has 21 heavy (non-hydrogen) atoms. The van der Waals surface area contributed by atoms with Gasteiger partial charge in [0.25, 0.3) is 5.91 Å². The molecule has 0 atom stereocenters. The highest BCUT2D eigenvalue weighted by Gasteiger charge is 2.14. The van der Waals surface area contributed by atoms with Crippen molar-refractivity contribution in [2.45, 2.75) is 6.92 Å². The summed E-state index contributed by atoms with van der Waals surface area (Å²) in [6.07, 6.45) is 3.40. The van der Waals surface area contributed by atoms with Crippen LogP contribution >= 0.6 is 0 Å². The Kier molecular flexibility index (Phi) is 3.51. The number of ether oxygens (including phenoxy) is 1. The minimum atomic E-state index is -0.241. The van der Waals surface area contributed by atoms with Crippen LogP contribution in [0.3, 0.4) is 0 Å². The molecular weight excluding hydrogens is 268 g/mol. The number of pyridine rings is 1. The number of anilines is 1. The lowest BCUT2D eigenvalue weighted by molar-refractivity contribution is 0.102. The zero-order chi connectivity index (χ0) is 14.7. The molecule has 3 rings (SSSR count). The average Bonchev–Trinajstić information content (AvgIpc) is 2.98. The Morgan fingerprint density at radius 2 is 2.14 bits per heavy atom. The molecule has 0 aliphatic rings. The van der Waals surface area contributed by atoms with Gasteiger partial charge in [0.05, 0.1) is 17.9 Å². The van der Waals surface area contributed by atoms with Crippen LogP contribution in [-0.2, 0) is 0 Å². The first-order chi connectivity index (χ1) is 10.3. The predicted molar refractivity (Wildman–Crippen MR) is 78.6 cm³/mol. The van der Waals surface area contributed by atoms with Gasteiger partial charge < -0.3 is 10.1 Å². The second kappa shape index (κ2) is 5.62. The molecule has 2 heterocycles. The molecule has 1 N–H and O–H groups in total. The topological polar surface area (TPSA) is 68.5 Å². The van der Waals surface area contributed by atoms with Gasteiger partial charge >= 0.3 is 0 Å². The maximum Gasteiger partial charge on any atom is 0.259 e. The summed E-state index contributed by atoms with van der Waals surface area (Å²) in [5.41, 5.74) is 1.69. The second-order valence-corrected chi connectivity index (χ2v) is 4.37. The van der Waals surface area contributed by atoms with Crippen molar-refractivity contribution in [3.8, 4) is 5.75 Å². The molecule has 0 radical (unpaired) electrons. The van der Waals surface area contributed by atoms with Crippen molar-refractivity contribution in [2.24, 2.45) is 0 Å². The Labute approximate surface area is 121 Å². The number of hydrogen-bond acceptors (Lipinski definition) is 4. The fourth-order valence-electron chi connectivity index (χ4n) is 2.07. The highest BCUT2D eigenvalue weighted by atomic mass is 16.5. The lowest BCUT2D eigenvalue weighted by Gasteiger charge is -2.10. The van der Waals surface area contributed by atoms with E-state index in [9.17, 15) is 4.79 Å². The van der Waals surface area contributed by atoms with Gasteiger partial charge in [-0.25, -0.2) is 0 Å². The van der Waals surface area contributed by atoms with E-state index in [0.29, 0.717) is 29.3 Å². The third-order valence-electron chi connectivity index (χ3n) is 3.00. The van der Waals surface area contributed by atoms with E-state index < -0.39 is 0 Å². The Hall–Kier alpha value is -2.89. The van der Waals surface area contributed by atoms with Crippen molar-refractivity contribution < 1.29 is 9.53 Å². The van der Waals surface area contributed by atoms with E-state index in [0.717, 1.165) is 0 Å². The van der Waals surface area contributed by atoms with Crippen molar-refractivity contribution in [1.29, 1.82) is 0 Å². The van der Waals surface area contributed by atoms with E-state index >= 15 is 0 Å². The first-order valence-electron chi connectivity index (χ1n) is 6.61. The Bertz CT molecular complexity index is 782. The van der Waals surface area contributed by atoms with Gasteiger partial charge in [0, 0.05) is 6.20 Å².